The maximum absolute atomic E-state index is 14.1. The van der Waals surface area contributed by atoms with Crippen LogP contribution in [0.1, 0.15) is 171 Å². The number of hydrogen-bond acceptors (Lipinski definition) is 1. The Morgan fingerprint density at radius 3 is 2.38 bits per heavy atom. The quantitative estimate of drug-likeness (QED) is 0.0798. The SMILES string of the molecule is C=C(C(=O)N1CCCCC1C(=C)C)C(CC(C)CC(C)(C)CCCCC/C(C)=C/C1CCCC(CC)C1)C(CC)CC1CC1C. The molecule has 0 N–H and O–H groups in total. The first-order valence-corrected chi connectivity index (χ1v) is 19.7. The van der Waals surface area contributed by atoms with Crippen molar-refractivity contribution < 1.29 is 4.79 Å². The van der Waals surface area contributed by atoms with Crippen molar-refractivity contribution in [1.29, 1.82) is 0 Å². The van der Waals surface area contributed by atoms with Gasteiger partial charge in [0.05, 0.1) is 6.04 Å². The molecule has 258 valence electrons. The molecule has 2 aliphatic carbocycles. The van der Waals surface area contributed by atoms with Gasteiger partial charge in [-0.1, -0.05) is 110 Å². The van der Waals surface area contributed by atoms with E-state index in [9.17, 15) is 4.79 Å². The van der Waals surface area contributed by atoms with Gasteiger partial charge in [0, 0.05) is 12.1 Å². The molecule has 8 atom stereocenters. The van der Waals surface area contributed by atoms with Gasteiger partial charge in [0.2, 0.25) is 5.91 Å². The van der Waals surface area contributed by atoms with Gasteiger partial charge in [-0.2, -0.15) is 0 Å². The summed E-state index contributed by atoms with van der Waals surface area (Å²) in [7, 11) is 0. The lowest BCUT2D eigenvalue weighted by Gasteiger charge is -2.39. The maximum Gasteiger partial charge on any atom is 0.249 e. The molecule has 0 bridgehead atoms. The lowest BCUT2D eigenvalue weighted by molar-refractivity contribution is -0.130. The summed E-state index contributed by atoms with van der Waals surface area (Å²) in [5.74, 6) is 5.17. The Labute approximate surface area is 281 Å². The maximum atomic E-state index is 14.1. The first-order chi connectivity index (χ1) is 21.3. The number of carbonyl (C=O) groups is 1. The van der Waals surface area contributed by atoms with Crippen LogP contribution < -0.4 is 0 Å². The van der Waals surface area contributed by atoms with Gasteiger partial charge in [-0.05, 0) is 138 Å². The second-order valence-electron chi connectivity index (χ2n) is 17.3. The van der Waals surface area contributed by atoms with Gasteiger partial charge in [-0.15, -0.1) is 0 Å². The Hall–Kier alpha value is -1.31. The summed E-state index contributed by atoms with van der Waals surface area (Å²) in [6.45, 7) is 28.8. The molecule has 0 radical (unpaired) electrons. The third-order valence-corrected chi connectivity index (χ3v) is 12.4. The zero-order valence-electron chi connectivity index (χ0n) is 31.4. The smallest absolute Gasteiger partial charge is 0.249 e. The molecule has 3 aliphatic rings. The Morgan fingerprint density at radius 2 is 1.73 bits per heavy atom. The predicted octanol–water partition coefficient (Wildman–Crippen LogP) is 12.7. The van der Waals surface area contributed by atoms with Crippen molar-refractivity contribution in [3.63, 3.8) is 0 Å². The number of rotatable bonds is 19. The van der Waals surface area contributed by atoms with E-state index in [-0.39, 0.29) is 11.9 Å². The van der Waals surface area contributed by atoms with Crippen LogP contribution >= 0.6 is 0 Å². The monoisotopic (exact) mass is 622 g/mol. The highest BCUT2D eigenvalue weighted by Gasteiger charge is 2.39. The van der Waals surface area contributed by atoms with Crippen molar-refractivity contribution in [3.8, 4) is 0 Å². The molecule has 0 aromatic carbocycles. The van der Waals surface area contributed by atoms with Crippen LogP contribution in [0, 0.1) is 46.8 Å². The van der Waals surface area contributed by atoms with E-state index >= 15 is 0 Å². The molecule has 45 heavy (non-hydrogen) atoms. The number of allylic oxidation sites excluding steroid dienone is 2. The Kier molecular flexibility index (Phi) is 15.5. The fourth-order valence-corrected chi connectivity index (χ4v) is 9.47. The molecule has 1 heterocycles. The van der Waals surface area contributed by atoms with Crippen molar-refractivity contribution in [3.05, 3.63) is 36.0 Å². The summed E-state index contributed by atoms with van der Waals surface area (Å²) in [5, 5.41) is 0. The molecule has 3 fully saturated rings. The van der Waals surface area contributed by atoms with Crippen LogP contribution in [0.5, 0.6) is 0 Å². The Balaban J connectivity index is 1.53. The topological polar surface area (TPSA) is 20.3 Å². The van der Waals surface area contributed by atoms with Crippen LogP contribution in [0.4, 0.5) is 0 Å². The number of unbranched alkanes of at least 4 members (excludes halogenated alkanes) is 2. The summed E-state index contributed by atoms with van der Waals surface area (Å²) in [6, 6.07) is 0.184. The molecule has 8 unspecified atom stereocenters. The van der Waals surface area contributed by atoms with E-state index in [1.807, 2.05) is 0 Å². The average molecular weight is 622 g/mol. The van der Waals surface area contributed by atoms with Gasteiger partial charge in [-0.3, -0.25) is 4.79 Å². The number of likely N-dealkylation sites (tertiary alicyclic amines) is 1. The Bertz CT molecular complexity index is 972. The highest BCUT2D eigenvalue weighted by Crippen LogP contribution is 2.47. The minimum Gasteiger partial charge on any atom is -0.332 e. The highest BCUT2D eigenvalue weighted by molar-refractivity contribution is 5.94. The zero-order valence-corrected chi connectivity index (χ0v) is 31.4. The van der Waals surface area contributed by atoms with E-state index in [1.165, 1.54) is 89.9 Å². The predicted molar refractivity (Wildman–Crippen MR) is 197 cm³/mol. The van der Waals surface area contributed by atoms with E-state index in [4.69, 9.17) is 0 Å². The minimum atomic E-state index is 0.184. The summed E-state index contributed by atoms with van der Waals surface area (Å²) in [6.07, 6.45) is 25.8. The number of hydrogen-bond donors (Lipinski definition) is 0. The van der Waals surface area contributed by atoms with Crippen LogP contribution in [0.3, 0.4) is 0 Å². The molecule has 0 aromatic rings. The van der Waals surface area contributed by atoms with Crippen molar-refractivity contribution in [2.45, 2.75) is 177 Å². The molecule has 1 aliphatic heterocycles. The fraction of sp³-hybridized carbons (Fsp3) is 0.837. The fourth-order valence-electron chi connectivity index (χ4n) is 9.47. The molecule has 1 saturated heterocycles. The lowest BCUT2D eigenvalue weighted by Crippen LogP contribution is -2.46. The summed E-state index contributed by atoms with van der Waals surface area (Å²) in [4.78, 5) is 16.2. The molecule has 2 nitrogen and oxygen atoms in total. The van der Waals surface area contributed by atoms with Crippen LogP contribution in [0.2, 0.25) is 0 Å². The van der Waals surface area contributed by atoms with Crippen molar-refractivity contribution >= 4 is 5.91 Å². The largest absolute Gasteiger partial charge is 0.332 e. The minimum absolute atomic E-state index is 0.184. The van der Waals surface area contributed by atoms with E-state index in [0.717, 1.165) is 67.0 Å². The first-order valence-electron chi connectivity index (χ1n) is 19.7. The first kappa shape index (κ1) is 38.1. The second kappa shape index (κ2) is 18.3. The van der Waals surface area contributed by atoms with Gasteiger partial charge in [0.1, 0.15) is 0 Å². The molecule has 2 saturated carbocycles. The third-order valence-electron chi connectivity index (χ3n) is 12.4. The molecule has 0 aromatic heterocycles. The average Bonchev–Trinajstić information content (AvgIpc) is 3.71. The molecule has 0 spiro atoms. The lowest BCUT2D eigenvalue weighted by atomic mass is 9.71. The molecule has 2 heteroatoms. The van der Waals surface area contributed by atoms with Gasteiger partial charge in [-0.25, -0.2) is 0 Å². The van der Waals surface area contributed by atoms with Crippen molar-refractivity contribution in [2.75, 3.05) is 6.54 Å². The van der Waals surface area contributed by atoms with Crippen molar-refractivity contribution in [2.24, 2.45) is 46.8 Å². The number of nitrogens with zero attached hydrogens (tertiary/aromatic N) is 1. The van der Waals surface area contributed by atoms with Crippen LogP contribution in [0.25, 0.3) is 0 Å². The summed E-state index contributed by atoms with van der Waals surface area (Å²) >= 11 is 0. The van der Waals surface area contributed by atoms with Crippen molar-refractivity contribution in [1.82, 2.24) is 4.90 Å². The normalized spacial score (nSPS) is 28.0. The van der Waals surface area contributed by atoms with Crippen LogP contribution in [-0.2, 0) is 4.79 Å². The molecular weight excluding hydrogens is 546 g/mol. The van der Waals surface area contributed by atoms with Crippen LogP contribution in [0.15, 0.2) is 36.0 Å². The van der Waals surface area contributed by atoms with Gasteiger partial charge < -0.3 is 4.90 Å². The molecule has 1 amide bonds. The molecular formula is C43H75NO. The highest BCUT2D eigenvalue weighted by atomic mass is 16.2. The number of carbonyl (C=O) groups excluding carboxylic acids is 1. The standard InChI is InChI=1S/C43H75NO/c1-11-36-20-18-21-37(28-36)25-32(5)19-14-13-16-23-43(9,10)30-33(6)26-40(38(12-2)29-39-27-34(39)7)35(8)42(45)44-24-17-15-22-41(44)31(3)4/h25,33-34,36-41H,3,8,11-24,26-30H2,1-2,4-7,9-10H3/b32-25+. The van der Waals surface area contributed by atoms with E-state index in [1.54, 1.807) is 5.57 Å². The van der Waals surface area contributed by atoms with E-state index in [2.05, 4.69) is 79.5 Å². The van der Waals surface area contributed by atoms with E-state index in [0.29, 0.717) is 23.2 Å². The van der Waals surface area contributed by atoms with Gasteiger partial charge in [0.25, 0.3) is 0 Å². The molecule has 3 rings (SSSR count). The van der Waals surface area contributed by atoms with Gasteiger partial charge in [0.15, 0.2) is 0 Å². The zero-order chi connectivity index (χ0) is 33.1. The number of piperidine rings is 1. The van der Waals surface area contributed by atoms with Crippen LogP contribution in [-0.4, -0.2) is 23.4 Å². The number of amides is 1. The summed E-state index contributed by atoms with van der Waals surface area (Å²) in [5.41, 5.74) is 3.99. The summed E-state index contributed by atoms with van der Waals surface area (Å²) < 4.78 is 0. The second-order valence-corrected chi connectivity index (χ2v) is 17.3. The van der Waals surface area contributed by atoms with E-state index < -0.39 is 0 Å². The van der Waals surface area contributed by atoms with Gasteiger partial charge >= 0.3 is 0 Å². The Morgan fingerprint density at radius 1 is 1.00 bits per heavy atom. The third kappa shape index (κ3) is 12.3.